The molecule has 16 heavy (non-hydrogen) atoms. The van der Waals surface area contributed by atoms with Crippen molar-refractivity contribution in [2.24, 2.45) is 10.7 Å². The summed E-state index contributed by atoms with van der Waals surface area (Å²) in [4.78, 5) is 6.44. The number of guanidine groups is 1. The summed E-state index contributed by atoms with van der Waals surface area (Å²) in [5, 5.41) is 8.50. The monoisotopic (exact) mass is 247 g/mol. The molecule has 1 aliphatic rings. The molecule has 94 valence electrons. The van der Waals surface area contributed by atoms with E-state index >= 15 is 0 Å². The maximum Gasteiger partial charge on any atom is 0.191 e. The van der Waals surface area contributed by atoms with E-state index in [4.69, 9.17) is 15.6 Å². The molecule has 1 fully saturated rings. The summed E-state index contributed by atoms with van der Waals surface area (Å²) in [6.45, 7) is 3.81. The van der Waals surface area contributed by atoms with Gasteiger partial charge in [0.2, 0.25) is 0 Å². The van der Waals surface area contributed by atoms with Crippen LogP contribution in [0.2, 0.25) is 0 Å². The van der Waals surface area contributed by atoms with Crippen molar-refractivity contribution in [3.63, 3.8) is 0 Å². The Hall–Kier alpha value is -0.460. The van der Waals surface area contributed by atoms with Gasteiger partial charge in [0.25, 0.3) is 0 Å². The zero-order valence-electron chi connectivity index (χ0n) is 9.60. The van der Waals surface area contributed by atoms with E-state index in [-0.39, 0.29) is 6.61 Å². The van der Waals surface area contributed by atoms with Gasteiger partial charge in [-0.15, -0.1) is 0 Å². The Morgan fingerprint density at radius 2 is 2.12 bits per heavy atom. The van der Waals surface area contributed by atoms with E-state index in [9.17, 15) is 0 Å². The number of rotatable bonds is 6. The number of thioether (sulfide) groups is 1. The van der Waals surface area contributed by atoms with Crippen molar-refractivity contribution in [3.05, 3.63) is 0 Å². The van der Waals surface area contributed by atoms with E-state index in [1.165, 1.54) is 0 Å². The van der Waals surface area contributed by atoms with Crippen molar-refractivity contribution in [1.82, 2.24) is 4.90 Å². The number of aliphatic hydroxyl groups excluding tert-OH is 1. The van der Waals surface area contributed by atoms with Crippen LogP contribution in [-0.2, 0) is 4.74 Å². The Labute approximate surface area is 101 Å². The molecule has 1 rings (SSSR count). The molecular weight excluding hydrogens is 226 g/mol. The average Bonchev–Trinajstić information content (AvgIpc) is 2.34. The van der Waals surface area contributed by atoms with Gasteiger partial charge in [0, 0.05) is 37.7 Å². The molecule has 6 heteroatoms. The third kappa shape index (κ3) is 5.58. The normalized spacial score (nSPS) is 17.8. The van der Waals surface area contributed by atoms with Gasteiger partial charge in [-0.25, -0.2) is 0 Å². The first-order valence-electron chi connectivity index (χ1n) is 5.66. The number of hydrogen-bond acceptors (Lipinski definition) is 4. The third-order valence-electron chi connectivity index (χ3n) is 2.29. The molecule has 1 aliphatic heterocycles. The standard InChI is InChI=1S/C10H21N3O2S/c11-10(13-3-8-16-9-4-13)12-2-1-6-15-7-5-14/h14H,1-9H2,(H2,11,12). The molecule has 0 radical (unpaired) electrons. The van der Waals surface area contributed by atoms with E-state index < -0.39 is 0 Å². The maximum absolute atomic E-state index is 8.50. The number of aliphatic imine (C=N–C) groups is 1. The summed E-state index contributed by atoms with van der Waals surface area (Å²) < 4.78 is 5.13. The fraction of sp³-hybridized carbons (Fsp3) is 0.900. The lowest BCUT2D eigenvalue weighted by Gasteiger charge is -2.27. The first kappa shape index (κ1) is 13.6. The molecule has 0 atom stereocenters. The minimum absolute atomic E-state index is 0.0802. The highest BCUT2D eigenvalue weighted by molar-refractivity contribution is 7.99. The van der Waals surface area contributed by atoms with Gasteiger partial charge in [-0.2, -0.15) is 11.8 Å². The molecule has 0 amide bonds. The molecule has 0 aromatic heterocycles. The summed E-state index contributed by atoms with van der Waals surface area (Å²) in [6, 6.07) is 0. The Morgan fingerprint density at radius 1 is 1.38 bits per heavy atom. The summed E-state index contributed by atoms with van der Waals surface area (Å²) in [6.07, 6.45) is 0.850. The van der Waals surface area contributed by atoms with Crippen LogP contribution < -0.4 is 5.73 Å². The summed E-state index contributed by atoms with van der Waals surface area (Å²) in [7, 11) is 0. The van der Waals surface area contributed by atoms with E-state index in [2.05, 4.69) is 9.89 Å². The smallest absolute Gasteiger partial charge is 0.191 e. The largest absolute Gasteiger partial charge is 0.394 e. The molecule has 0 spiro atoms. The second kappa shape index (κ2) is 8.66. The molecule has 5 nitrogen and oxygen atoms in total. The van der Waals surface area contributed by atoms with Crippen molar-refractivity contribution >= 4 is 17.7 Å². The number of nitrogens with two attached hydrogens (primary N) is 1. The second-order valence-corrected chi connectivity index (χ2v) is 4.75. The first-order chi connectivity index (χ1) is 7.84. The van der Waals surface area contributed by atoms with Crippen LogP contribution in [0.1, 0.15) is 6.42 Å². The van der Waals surface area contributed by atoms with E-state index in [1.807, 2.05) is 11.8 Å². The molecule has 1 saturated heterocycles. The van der Waals surface area contributed by atoms with Gasteiger partial charge in [0.15, 0.2) is 5.96 Å². The van der Waals surface area contributed by atoms with Crippen molar-refractivity contribution in [2.75, 3.05) is 51.0 Å². The molecular formula is C10H21N3O2S. The van der Waals surface area contributed by atoms with Gasteiger partial charge in [-0.1, -0.05) is 0 Å². The average molecular weight is 247 g/mol. The molecule has 1 heterocycles. The molecule has 3 N–H and O–H groups in total. The van der Waals surface area contributed by atoms with E-state index in [0.29, 0.717) is 25.7 Å². The van der Waals surface area contributed by atoms with Crippen LogP contribution >= 0.6 is 11.8 Å². The summed E-state index contributed by atoms with van der Waals surface area (Å²) >= 11 is 1.96. The Balaban J connectivity index is 2.07. The first-order valence-corrected chi connectivity index (χ1v) is 6.81. The third-order valence-corrected chi connectivity index (χ3v) is 3.23. The van der Waals surface area contributed by atoms with Crippen LogP contribution in [0, 0.1) is 0 Å². The van der Waals surface area contributed by atoms with Gasteiger partial charge in [-0.05, 0) is 6.42 Å². The highest BCUT2D eigenvalue weighted by Gasteiger charge is 2.11. The van der Waals surface area contributed by atoms with Gasteiger partial charge < -0.3 is 20.5 Å². The molecule has 0 aromatic rings. The quantitative estimate of drug-likeness (QED) is 0.385. The van der Waals surface area contributed by atoms with Crippen LogP contribution in [0.25, 0.3) is 0 Å². The van der Waals surface area contributed by atoms with Crippen molar-refractivity contribution < 1.29 is 9.84 Å². The van der Waals surface area contributed by atoms with Crippen LogP contribution in [0.3, 0.4) is 0 Å². The molecule has 0 aliphatic carbocycles. The van der Waals surface area contributed by atoms with Crippen molar-refractivity contribution in [2.45, 2.75) is 6.42 Å². The predicted molar refractivity (Wildman–Crippen MR) is 67.9 cm³/mol. The SMILES string of the molecule is NC(=NCCCOCCO)N1CCSCC1. The second-order valence-electron chi connectivity index (χ2n) is 3.53. The molecule has 0 saturated carbocycles. The molecule has 0 unspecified atom stereocenters. The lowest BCUT2D eigenvalue weighted by atomic mass is 10.4. The number of hydrogen-bond donors (Lipinski definition) is 2. The van der Waals surface area contributed by atoms with Crippen molar-refractivity contribution in [1.29, 1.82) is 0 Å². The lowest BCUT2D eigenvalue weighted by molar-refractivity contribution is 0.0918. The zero-order chi connectivity index (χ0) is 11.6. The number of aliphatic hydroxyl groups is 1. The van der Waals surface area contributed by atoms with Crippen LogP contribution in [-0.4, -0.2) is 66.9 Å². The Morgan fingerprint density at radius 3 is 2.81 bits per heavy atom. The van der Waals surface area contributed by atoms with Gasteiger partial charge in [0.05, 0.1) is 13.2 Å². The minimum atomic E-state index is 0.0802. The van der Waals surface area contributed by atoms with Crippen LogP contribution in [0.4, 0.5) is 0 Å². The number of ether oxygens (including phenoxy) is 1. The highest BCUT2D eigenvalue weighted by atomic mass is 32.2. The fourth-order valence-electron chi connectivity index (χ4n) is 1.42. The molecule has 0 aromatic carbocycles. The Kier molecular flexibility index (Phi) is 7.37. The van der Waals surface area contributed by atoms with Crippen molar-refractivity contribution in [3.8, 4) is 0 Å². The topological polar surface area (TPSA) is 71.1 Å². The van der Waals surface area contributed by atoms with Gasteiger partial charge in [0.1, 0.15) is 0 Å². The van der Waals surface area contributed by atoms with Crippen LogP contribution in [0.15, 0.2) is 4.99 Å². The molecule has 0 bridgehead atoms. The Bertz CT molecular complexity index is 208. The van der Waals surface area contributed by atoms with Gasteiger partial charge in [-0.3, -0.25) is 4.99 Å². The van der Waals surface area contributed by atoms with Crippen LogP contribution in [0.5, 0.6) is 0 Å². The maximum atomic E-state index is 8.50. The predicted octanol–water partition coefficient (Wildman–Crippen LogP) is -0.251. The minimum Gasteiger partial charge on any atom is -0.394 e. The fourth-order valence-corrected chi connectivity index (χ4v) is 2.32. The highest BCUT2D eigenvalue weighted by Crippen LogP contribution is 2.08. The van der Waals surface area contributed by atoms with E-state index in [0.717, 1.165) is 31.0 Å². The lowest BCUT2D eigenvalue weighted by Crippen LogP contribution is -2.42. The summed E-state index contributed by atoms with van der Waals surface area (Å²) in [5.74, 6) is 2.92. The zero-order valence-corrected chi connectivity index (χ0v) is 10.4. The van der Waals surface area contributed by atoms with E-state index in [1.54, 1.807) is 0 Å². The summed E-state index contributed by atoms with van der Waals surface area (Å²) in [5.41, 5.74) is 5.88. The number of nitrogens with zero attached hydrogens (tertiary/aromatic N) is 2. The van der Waals surface area contributed by atoms with Gasteiger partial charge >= 0.3 is 0 Å².